The fourth-order valence-corrected chi connectivity index (χ4v) is 2.52. The van der Waals surface area contributed by atoms with E-state index in [4.69, 9.17) is 0 Å². The summed E-state index contributed by atoms with van der Waals surface area (Å²) in [4.78, 5) is 4.42. The van der Waals surface area contributed by atoms with E-state index in [0.29, 0.717) is 12.0 Å². The third-order valence-corrected chi connectivity index (χ3v) is 3.26. The van der Waals surface area contributed by atoms with Gasteiger partial charge in [-0.25, -0.2) is 4.39 Å². The van der Waals surface area contributed by atoms with Gasteiger partial charge in [-0.2, -0.15) is 0 Å². The first-order chi connectivity index (χ1) is 7.27. The summed E-state index contributed by atoms with van der Waals surface area (Å²) in [5, 5.41) is 0. The molecule has 0 saturated carbocycles. The van der Waals surface area contributed by atoms with Gasteiger partial charge in [0.1, 0.15) is 5.83 Å². The summed E-state index contributed by atoms with van der Waals surface area (Å²) in [6, 6.07) is 5.73. The number of rotatable bonds is 0. The Balaban J connectivity index is 2.34. The molecular formula is C12H7BrFN. The van der Waals surface area contributed by atoms with Crippen LogP contribution in [0.15, 0.2) is 45.6 Å². The number of benzene rings is 1. The second-order valence-corrected chi connectivity index (χ2v) is 4.38. The number of aliphatic imine (C=N–C) groups is 1. The third kappa shape index (κ3) is 1.23. The summed E-state index contributed by atoms with van der Waals surface area (Å²) >= 11 is 3.44. The van der Waals surface area contributed by atoms with Crippen LogP contribution in [0.3, 0.4) is 0 Å². The van der Waals surface area contributed by atoms with Gasteiger partial charge in [0.25, 0.3) is 0 Å². The molecule has 0 N–H and O–H groups in total. The molecule has 1 aromatic rings. The molecule has 0 saturated heterocycles. The highest BCUT2D eigenvalue weighted by Gasteiger charge is 2.26. The Morgan fingerprint density at radius 2 is 2.20 bits per heavy atom. The van der Waals surface area contributed by atoms with Crippen LogP contribution in [0.25, 0.3) is 5.57 Å². The first-order valence-electron chi connectivity index (χ1n) is 4.70. The number of hydrogen-bond acceptors (Lipinski definition) is 1. The first-order valence-corrected chi connectivity index (χ1v) is 5.50. The minimum Gasteiger partial charge on any atom is -0.252 e. The highest BCUT2D eigenvalue weighted by molar-refractivity contribution is 9.10. The van der Waals surface area contributed by atoms with Crippen LogP contribution in [0.5, 0.6) is 0 Å². The molecule has 0 amide bonds. The molecule has 0 fully saturated rings. The van der Waals surface area contributed by atoms with Gasteiger partial charge in [-0.15, -0.1) is 0 Å². The van der Waals surface area contributed by atoms with Gasteiger partial charge in [0.15, 0.2) is 0 Å². The van der Waals surface area contributed by atoms with Gasteiger partial charge in [0, 0.05) is 22.0 Å². The van der Waals surface area contributed by atoms with E-state index in [1.54, 1.807) is 6.08 Å². The van der Waals surface area contributed by atoms with Crippen molar-refractivity contribution in [1.82, 2.24) is 0 Å². The molecule has 0 bridgehead atoms. The van der Waals surface area contributed by atoms with Crippen molar-refractivity contribution in [2.45, 2.75) is 6.42 Å². The van der Waals surface area contributed by atoms with E-state index in [-0.39, 0.29) is 5.83 Å². The van der Waals surface area contributed by atoms with Crippen LogP contribution in [0.1, 0.15) is 12.0 Å². The normalized spacial score (nSPS) is 17.6. The molecule has 0 aromatic heterocycles. The Labute approximate surface area is 95.2 Å². The van der Waals surface area contributed by atoms with Crippen molar-refractivity contribution in [3.05, 3.63) is 46.2 Å². The zero-order valence-electron chi connectivity index (χ0n) is 7.80. The van der Waals surface area contributed by atoms with Crippen molar-refractivity contribution >= 4 is 32.9 Å². The number of allylic oxidation sites excluding steroid dienone is 4. The van der Waals surface area contributed by atoms with Crippen LogP contribution in [0.2, 0.25) is 0 Å². The highest BCUT2D eigenvalue weighted by atomic mass is 79.9. The van der Waals surface area contributed by atoms with Gasteiger partial charge in [0.2, 0.25) is 0 Å². The first kappa shape index (κ1) is 9.04. The molecule has 1 aromatic carbocycles. The topological polar surface area (TPSA) is 12.4 Å². The molecular weight excluding hydrogens is 257 g/mol. The van der Waals surface area contributed by atoms with Crippen LogP contribution >= 0.6 is 15.9 Å². The van der Waals surface area contributed by atoms with Crippen LogP contribution in [0.4, 0.5) is 10.1 Å². The SMILES string of the molecule is FC1=C2C(=Nc3cccc(Br)c32)CC=C1. The summed E-state index contributed by atoms with van der Waals surface area (Å²) in [7, 11) is 0. The maximum absolute atomic E-state index is 13.7. The minimum atomic E-state index is -0.189. The Hall–Kier alpha value is -1.22. The fourth-order valence-electron chi connectivity index (χ4n) is 1.96. The summed E-state index contributed by atoms with van der Waals surface area (Å²) in [6.07, 6.45) is 4.03. The quantitative estimate of drug-likeness (QED) is 0.666. The Bertz CT molecular complexity index is 541. The van der Waals surface area contributed by atoms with Crippen LogP contribution in [0, 0.1) is 0 Å². The zero-order chi connectivity index (χ0) is 10.4. The van der Waals surface area contributed by atoms with Gasteiger partial charge in [0.05, 0.1) is 11.4 Å². The summed E-state index contributed by atoms with van der Waals surface area (Å²) in [6.45, 7) is 0. The number of hydrogen-bond donors (Lipinski definition) is 0. The van der Waals surface area contributed by atoms with Gasteiger partial charge in [-0.1, -0.05) is 28.1 Å². The molecule has 2 aliphatic rings. The van der Waals surface area contributed by atoms with Crippen molar-refractivity contribution in [3.8, 4) is 0 Å². The van der Waals surface area contributed by atoms with Crippen LogP contribution < -0.4 is 0 Å². The molecule has 3 rings (SSSR count). The van der Waals surface area contributed by atoms with Gasteiger partial charge >= 0.3 is 0 Å². The number of halogens is 2. The third-order valence-electron chi connectivity index (χ3n) is 2.60. The predicted molar refractivity (Wildman–Crippen MR) is 63.0 cm³/mol. The standard InChI is InChI=1S/C12H7BrFN/c13-7-3-1-5-9-11(7)12-8(14)4-2-6-10(12)15-9/h1-5H,6H2. The van der Waals surface area contributed by atoms with Gasteiger partial charge < -0.3 is 0 Å². The summed E-state index contributed by atoms with van der Waals surface area (Å²) in [5.41, 5.74) is 3.22. The molecule has 3 heteroatoms. The second kappa shape index (κ2) is 3.14. The van der Waals surface area contributed by atoms with E-state index >= 15 is 0 Å². The van der Waals surface area contributed by atoms with Crippen molar-refractivity contribution in [3.63, 3.8) is 0 Å². The smallest absolute Gasteiger partial charge is 0.132 e. The average molecular weight is 264 g/mol. The van der Waals surface area contributed by atoms with Crippen LogP contribution in [-0.2, 0) is 0 Å². The Kier molecular flexibility index (Phi) is 1.89. The van der Waals surface area contributed by atoms with E-state index < -0.39 is 0 Å². The summed E-state index contributed by atoms with van der Waals surface area (Å²) in [5.74, 6) is -0.189. The van der Waals surface area contributed by atoms with Crippen molar-refractivity contribution in [1.29, 1.82) is 0 Å². The van der Waals surface area contributed by atoms with Crippen molar-refractivity contribution < 1.29 is 4.39 Å². The number of fused-ring (bicyclic) bond motifs is 3. The molecule has 0 atom stereocenters. The lowest BCUT2D eigenvalue weighted by molar-refractivity contribution is 0.670. The van der Waals surface area contributed by atoms with Crippen molar-refractivity contribution in [2.24, 2.45) is 4.99 Å². The highest BCUT2D eigenvalue weighted by Crippen LogP contribution is 2.43. The Morgan fingerprint density at radius 3 is 3.07 bits per heavy atom. The predicted octanol–water partition coefficient (Wildman–Crippen LogP) is 4.18. The second-order valence-electron chi connectivity index (χ2n) is 3.52. The van der Waals surface area contributed by atoms with Crippen molar-refractivity contribution in [2.75, 3.05) is 0 Å². The number of nitrogens with zero attached hydrogens (tertiary/aromatic N) is 1. The van der Waals surface area contributed by atoms with E-state index in [2.05, 4.69) is 20.9 Å². The van der Waals surface area contributed by atoms with Gasteiger partial charge in [-0.3, -0.25) is 4.99 Å². The molecule has 74 valence electrons. The summed E-state index contributed by atoms with van der Waals surface area (Å²) < 4.78 is 14.6. The van der Waals surface area contributed by atoms with E-state index in [0.717, 1.165) is 21.4 Å². The minimum absolute atomic E-state index is 0.189. The molecule has 1 aliphatic carbocycles. The van der Waals surface area contributed by atoms with E-state index in [1.807, 2.05) is 18.2 Å². The van der Waals surface area contributed by atoms with E-state index in [9.17, 15) is 4.39 Å². The molecule has 0 spiro atoms. The lowest BCUT2D eigenvalue weighted by Crippen LogP contribution is -2.01. The Morgan fingerprint density at radius 1 is 1.33 bits per heavy atom. The van der Waals surface area contributed by atoms with E-state index in [1.165, 1.54) is 6.08 Å². The molecule has 15 heavy (non-hydrogen) atoms. The monoisotopic (exact) mass is 263 g/mol. The van der Waals surface area contributed by atoms with Gasteiger partial charge in [-0.05, 0) is 18.2 Å². The molecule has 0 radical (unpaired) electrons. The van der Waals surface area contributed by atoms with Crippen LogP contribution in [-0.4, -0.2) is 5.71 Å². The fraction of sp³-hybridized carbons (Fsp3) is 0.0833. The lowest BCUT2D eigenvalue weighted by atomic mass is 9.97. The molecule has 1 nitrogen and oxygen atoms in total. The zero-order valence-corrected chi connectivity index (χ0v) is 9.38. The largest absolute Gasteiger partial charge is 0.252 e. The average Bonchev–Trinajstić information content (AvgIpc) is 2.58. The molecule has 0 unspecified atom stereocenters. The molecule has 1 heterocycles. The lowest BCUT2D eigenvalue weighted by Gasteiger charge is -2.09. The maximum Gasteiger partial charge on any atom is 0.132 e. The maximum atomic E-state index is 13.7. The molecule has 1 aliphatic heterocycles.